The van der Waals surface area contributed by atoms with E-state index in [1.807, 2.05) is 6.92 Å². The van der Waals surface area contributed by atoms with Crippen molar-refractivity contribution in [2.45, 2.75) is 83.7 Å². The van der Waals surface area contributed by atoms with E-state index in [-0.39, 0.29) is 17.9 Å². The molecule has 0 spiro atoms. The standard InChI is InChI=1S/C17H31NO3/c1-4-5-6-7-8-9-10-11-14-12-15(19)16(13(2)18-14)17(20)21-3/h13-14,16,18H,4-12H2,1-3H3/t13-,14+,16-/m1/s1. The van der Waals surface area contributed by atoms with Crippen molar-refractivity contribution in [3.05, 3.63) is 0 Å². The Morgan fingerprint density at radius 3 is 2.38 bits per heavy atom. The number of rotatable bonds is 9. The molecule has 1 heterocycles. The van der Waals surface area contributed by atoms with E-state index in [4.69, 9.17) is 4.74 Å². The lowest BCUT2D eigenvalue weighted by Gasteiger charge is -2.33. The molecule has 4 nitrogen and oxygen atoms in total. The fraction of sp³-hybridized carbons (Fsp3) is 0.882. The first-order chi connectivity index (χ1) is 10.1. The quantitative estimate of drug-likeness (QED) is 0.403. The van der Waals surface area contributed by atoms with E-state index in [2.05, 4.69) is 12.2 Å². The Morgan fingerprint density at radius 1 is 1.19 bits per heavy atom. The van der Waals surface area contributed by atoms with Crippen LogP contribution < -0.4 is 5.32 Å². The van der Waals surface area contributed by atoms with Crippen LogP contribution in [0.2, 0.25) is 0 Å². The molecule has 0 unspecified atom stereocenters. The molecule has 122 valence electrons. The molecule has 21 heavy (non-hydrogen) atoms. The molecule has 1 aliphatic rings. The molecule has 4 heteroatoms. The summed E-state index contributed by atoms with van der Waals surface area (Å²) in [6, 6.07) is 0.109. The van der Waals surface area contributed by atoms with Crippen LogP contribution in [0.1, 0.15) is 71.6 Å². The molecule has 0 aliphatic carbocycles. The Hall–Kier alpha value is -0.900. The third-order valence-corrected chi connectivity index (χ3v) is 4.40. The molecule has 0 saturated carbocycles. The van der Waals surface area contributed by atoms with E-state index in [0.29, 0.717) is 6.42 Å². The smallest absolute Gasteiger partial charge is 0.317 e. The van der Waals surface area contributed by atoms with Crippen LogP contribution in [-0.2, 0) is 14.3 Å². The number of esters is 1. The average molecular weight is 297 g/mol. The lowest BCUT2D eigenvalue weighted by molar-refractivity contribution is -0.152. The number of ether oxygens (including phenoxy) is 1. The number of carbonyl (C=O) groups is 2. The minimum Gasteiger partial charge on any atom is -0.468 e. The van der Waals surface area contributed by atoms with Gasteiger partial charge in [0.2, 0.25) is 0 Å². The third kappa shape index (κ3) is 6.16. The number of hydrogen-bond acceptors (Lipinski definition) is 4. The maximum absolute atomic E-state index is 12.1. The highest BCUT2D eigenvalue weighted by Crippen LogP contribution is 2.21. The van der Waals surface area contributed by atoms with Gasteiger partial charge in [-0.25, -0.2) is 0 Å². The predicted octanol–water partition coefficient (Wildman–Crippen LogP) is 3.24. The van der Waals surface area contributed by atoms with Crippen LogP contribution in [0.25, 0.3) is 0 Å². The highest BCUT2D eigenvalue weighted by Gasteiger charge is 2.38. The lowest BCUT2D eigenvalue weighted by atomic mass is 9.85. The van der Waals surface area contributed by atoms with Gasteiger partial charge in [0.1, 0.15) is 11.7 Å². The van der Waals surface area contributed by atoms with Gasteiger partial charge in [-0.3, -0.25) is 9.59 Å². The number of ketones is 1. The highest BCUT2D eigenvalue weighted by atomic mass is 16.5. The maximum atomic E-state index is 12.1. The summed E-state index contributed by atoms with van der Waals surface area (Å²) < 4.78 is 4.71. The zero-order valence-electron chi connectivity index (χ0n) is 13.8. The Bertz CT molecular complexity index is 330. The molecule has 1 rings (SSSR count). The second kappa shape index (κ2) is 9.93. The van der Waals surface area contributed by atoms with Crippen molar-refractivity contribution in [3.8, 4) is 0 Å². The predicted molar refractivity (Wildman–Crippen MR) is 84.1 cm³/mol. The van der Waals surface area contributed by atoms with E-state index in [0.717, 1.165) is 12.8 Å². The summed E-state index contributed by atoms with van der Waals surface area (Å²) in [6.07, 6.45) is 10.5. The minimum absolute atomic E-state index is 0.0287. The van der Waals surface area contributed by atoms with Gasteiger partial charge in [0.05, 0.1) is 7.11 Å². The molecule has 0 aromatic heterocycles. The van der Waals surface area contributed by atoms with Gasteiger partial charge < -0.3 is 10.1 Å². The summed E-state index contributed by atoms with van der Waals surface area (Å²) in [5.74, 6) is -1.00. The monoisotopic (exact) mass is 297 g/mol. The molecule has 1 saturated heterocycles. The SMILES string of the molecule is CCCCCCCCC[C@H]1CC(=O)[C@H](C(=O)OC)[C@@H](C)N1. The Morgan fingerprint density at radius 2 is 1.81 bits per heavy atom. The summed E-state index contributed by atoms with van der Waals surface area (Å²) in [4.78, 5) is 23.7. The number of carbonyl (C=O) groups excluding carboxylic acids is 2. The number of piperidine rings is 1. The number of hydrogen-bond donors (Lipinski definition) is 1. The topological polar surface area (TPSA) is 55.4 Å². The first-order valence-corrected chi connectivity index (χ1v) is 8.46. The molecule has 0 radical (unpaired) electrons. The Balaban J connectivity index is 2.21. The maximum Gasteiger partial charge on any atom is 0.317 e. The van der Waals surface area contributed by atoms with Crippen LogP contribution in [-0.4, -0.2) is 30.9 Å². The highest BCUT2D eigenvalue weighted by molar-refractivity contribution is 6.00. The van der Waals surface area contributed by atoms with Gasteiger partial charge in [-0.1, -0.05) is 51.9 Å². The summed E-state index contributed by atoms with van der Waals surface area (Å²) in [5.41, 5.74) is 0. The van der Waals surface area contributed by atoms with Crippen LogP contribution in [0.4, 0.5) is 0 Å². The zero-order chi connectivity index (χ0) is 15.7. The molecular weight excluding hydrogens is 266 g/mol. The van der Waals surface area contributed by atoms with Crippen molar-refractivity contribution in [1.82, 2.24) is 5.32 Å². The normalized spacial score (nSPS) is 25.9. The van der Waals surface area contributed by atoms with Crippen LogP contribution in [0, 0.1) is 5.92 Å². The third-order valence-electron chi connectivity index (χ3n) is 4.40. The summed E-state index contributed by atoms with van der Waals surface area (Å²) >= 11 is 0. The van der Waals surface area contributed by atoms with Crippen molar-refractivity contribution < 1.29 is 14.3 Å². The van der Waals surface area contributed by atoms with Gasteiger partial charge in [0.15, 0.2) is 0 Å². The fourth-order valence-electron chi connectivity index (χ4n) is 3.17. The minimum atomic E-state index is -0.625. The van der Waals surface area contributed by atoms with Crippen molar-refractivity contribution in [1.29, 1.82) is 0 Å². The van der Waals surface area contributed by atoms with Gasteiger partial charge >= 0.3 is 5.97 Å². The molecular formula is C17H31NO3. The largest absolute Gasteiger partial charge is 0.468 e. The second-order valence-corrected chi connectivity index (χ2v) is 6.23. The van der Waals surface area contributed by atoms with Crippen molar-refractivity contribution in [2.24, 2.45) is 5.92 Å². The summed E-state index contributed by atoms with van der Waals surface area (Å²) in [6.45, 7) is 4.13. The molecule has 1 aliphatic heterocycles. The van der Waals surface area contributed by atoms with E-state index >= 15 is 0 Å². The van der Waals surface area contributed by atoms with Crippen molar-refractivity contribution in [2.75, 3.05) is 7.11 Å². The summed E-state index contributed by atoms with van der Waals surface area (Å²) in [7, 11) is 1.34. The van der Waals surface area contributed by atoms with Crippen molar-refractivity contribution in [3.63, 3.8) is 0 Å². The second-order valence-electron chi connectivity index (χ2n) is 6.23. The number of nitrogens with one attached hydrogen (secondary N) is 1. The Kier molecular flexibility index (Phi) is 8.58. The number of methoxy groups -OCH3 is 1. The van der Waals surface area contributed by atoms with E-state index in [1.54, 1.807) is 0 Å². The lowest BCUT2D eigenvalue weighted by Crippen LogP contribution is -2.53. The van der Waals surface area contributed by atoms with Gasteiger partial charge in [0, 0.05) is 18.5 Å². The Labute approximate surface area is 129 Å². The van der Waals surface area contributed by atoms with Crippen LogP contribution in [0.3, 0.4) is 0 Å². The van der Waals surface area contributed by atoms with Gasteiger partial charge in [-0.15, -0.1) is 0 Å². The number of unbranched alkanes of at least 4 members (excludes halogenated alkanes) is 6. The molecule has 0 aromatic carbocycles. The zero-order valence-corrected chi connectivity index (χ0v) is 13.8. The van der Waals surface area contributed by atoms with Gasteiger partial charge in [-0.05, 0) is 13.3 Å². The van der Waals surface area contributed by atoms with Crippen molar-refractivity contribution >= 4 is 11.8 Å². The number of Topliss-reactive ketones (excluding diaryl/α,β-unsaturated/α-hetero) is 1. The molecule has 0 aromatic rings. The van der Waals surface area contributed by atoms with E-state index in [1.165, 1.54) is 45.6 Å². The molecule has 0 amide bonds. The molecule has 1 N–H and O–H groups in total. The molecule has 3 atom stereocenters. The van der Waals surface area contributed by atoms with Crippen LogP contribution >= 0.6 is 0 Å². The van der Waals surface area contributed by atoms with Gasteiger partial charge in [0.25, 0.3) is 0 Å². The van der Waals surface area contributed by atoms with E-state index in [9.17, 15) is 9.59 Å². The molecule has 1 fully saturated rings. The van der Waals surface area contributed by atoms with Crippen LogP contribution in [0.5, 0.6) is 0 Å². The van der Waals surface area contributed by atoms with E-state index < -0.39 is 11.9 Å². The molecule has 0 bridgehead atoms. The fourth-order valence-corrected chi connectivity index (χ4v) is 3.17. The summed E-state index contributed by atoms with van der Waals surface area (Å²) in [5, 5.41) is 3.40. The van der Waals surface area contributed by atoms with Gasteiger partial charge in [-0.2, -0.15) is 0 Å². The first kappa shape index (κ1) is 18.1. The van der Waals surface area contributed by atoms with Crippen LogP contribution in [0.15, 0.2) is 0 Å². The average Bonchev–Trinajstić information content (AvgIpc) is 2.45. The first-order valence-electron chi connectivity index (χ1n) is 8.46.